The van der Waals surface area contributed by atoms with E-state index >= 15 is 0 Å². The van der Waals surface area contributed by atoms with Gasteiger partial charge in [0.25, 0.3) is 6.71 Å². The number of rotatable bonds is 5. The van der Waals surface area contributed by atoms with Crippen molar-refractivity contribution in [1.29, 1.82) is 0 Å². The number of pyridine rings is 1. The second-order valence-corrected chi connectivity index (χ2v) is 25.4. The van der Waals surface area contributed by atoms with E-state index in [0.29, 0.717) is 0 Å². The lowest BCUT2D eigenvalue weighted by Gasteiger charge is -2.35. The molecule has 3 aromatic heterocycles. The van der Waals surface area contributed by atoms with Gasteiger partial charge in [-0.05, 0) is 150 Å². The number of aromatic nitrogens is 4. The van der Waals surface area contributed by atoms with Crippen LogP contribution in [0.4, 0.5) is 0 Å². The summed E-state index contributed by atoms with van der Waals surface area (Å²) in [5.74, 6) is 5.78. The van der Waals surface area contributed by atoms with Crippen LogP contribution >= 0.6 is 0 Å². The van der Waals surface area contributed by atoms with Crippen molar-refractivity contribution in [3.63, 3.8) is 0 Å². The SMILES string of the molecule is CC(C)(C)c1cc(Oc2ccc3c4cc(-c5cc6c7c(c5)Oc5cc(C(C)(C)C)ccc5B7c5ccc(C(C)(C)C)cc5O6)ccc4n(-c4cc(C(C)(C)C)ccn4)c3c2)cc(-n2cc(C(C)(C)C)cn2)c1. The molecule has 0 atom stereocenters. The van der Waals surface area contributed by atoms with E-state index in [4.69, 9.17) is 24.3 Å². The first-order valence-corrected chi connectivity index (χ1v) is 25.5. The predicted octanol–water partition coefficient (Wildman–Crippen LogP) is 15.0. The Balaban J connectivity index is 1.06. The molecule has 8 heteroatoms. The fourth-order valence-corrected chi connectivity index (χ4v) is 10.3. The van der Waals surface area contributed by atoms with E-state index in [-0.39, 0.29) is 33.8 Å². The Morgan fingerprint density at radius 3 is 1.64 bits per heavy atom. The number of nitrogens with zero attached hydrogens (tertiary/aromatic N) is 4. The molecule has 0 bridgehead atoms. The van der Waals surface area contributed by atoms with Gasteiger partial charge in [-0.1, -0.05) is 134 Å². The lowest BCUT2D eigenvalue weighted by Crippen LogP contribution is -2.57. The molecule has 0 N–H and O–H groups in total. The van der Waals surface area contributed by atoms with Crippen molar-refractivity contribution in [2.75, 3.05) is 0 Å². The van der Waals surface area contributed by atoms with Crippen molar-refractivity contribution in [2.45, 2.75) is 131 Å². The zero-order valence-corrected chi connectivity index (χ0v) is 44.8. The van der Waals surface area contributed by atoms with Crippen molar-refractivity contribution in [2.24, 2.45) is 0 Å². The molecule has 9 aromatic rings. The Bertz CT molecular complexity index is 3560. The summed E-state index contributed by atoms with van der Waals surface area (Å²) in [6.07, 6.45) is 6.02. The summed E-state index contributed by atoms with van der Waals surface area (Å²) < 4.78 is 25.2. The Hall–Kier alpha value is -7.06. The van der Waals surface area contributed by atoms with E-state index in [2.05, 4.69) is 230 Å². The number of benzene rings is 6. The highest BCUT2D eigenvalue weighted by molar-refractivity contribution is 6.98. The Morgan fingerprint density at radius 1 is 0.458 bits per heavy atom. The quantitative estimate of drug-likeness (QED) is 0.161. The summed E-state index contributed by atoms with van der Waals surface area (Å²) in [6, 6.07) is 42.0. The lowest BCUT2D eigenvalue weighted by atomic mass is 9.34. The molecule has 7 nitrogen and oxygen atoms in total. The maximum absolute atomic E-state index is 7.00. The second-order valence-electron chi connectivity index (χ2n) is 25.4. The van der Waals surface area contributed by atoms with Crippen molar-refractivity contribution in [3.8, 4) is 57.1 Å². The van der Waals surface area contributed by atoms with Gasteiger partial charge < -0.3 is 14.2 Å². The van der Waals surface area contributed by atoms with Crippen molar-refractivity contribution in [1.82, 2.24) is 19.3 Å². The summed E-state index contributed by atoms with van der Waals surface area (Å²) in [6.45, 7) is 33.6. The van der Waals surface area contributed by atoms with Crippen LogP contribution < -0.4 is 30.6 Å². The van der Waals surface area contributed by atoms with Crippen LogP contribution in [0.15, 0.2) is 134 Å². The monoisotopic (exact) mass is 951 g/mol. The van der Waals surface area contributed by atoms with Crippen LogP contribution in [0.25, 0.3) is 44.4 Å². The van der Waals surface area contributed by atoms with Gasteiger partial charge in [0, 0.05) is 40.8 Å². The first-order chi connectivity index (χ1) is 33.8. The minimum Gasteiger partial charge on any atom is -0.458 e. The Kier molecular flexibility index (Phi) is 10.7. The zero-order chi connectivity index (χ0) is 51.0. The van der Waals surface area contributed by atoms with E-state index in [0.717, 1.165) is 101 Å². The number of hydrogen-bond donors (Lipinski definition) is 0. The van der Waals surface area contributed by atoms with Crippen LogP contribution in [0.2, 0.25) is 0 Å². The van der Waals surface area contributed by atoms with Gasteiger partial charge in [0.1, 0.15) is 40.3 Å². The summed E-state index contributed by atoms with van der Waals surface area (Å²) in [7, 11) is 0. The van der Waals surface area contributed by atoms with Crippen LogP contribution in [0.5, 0.6) is 34.5 Å². The summed E-state index contributed by atoms with van der Waals surface area (Å²) in [4.78, 5) is 5.04. The maximum Gasteiger partial charge on any atom is 0.260 e. The highest BCUT2D eigenvalue weighted by atomic mass is 16.5. The molecule has 0 amide bonds. The molecule has 11 rings (SSSR count). The lowest BCUT2D eigenvalue weighted by molar-refractivity contribution is 0.461. The van der Waals surface area contributed by atoms with Gasteiger partial charge in [-0.15, -0.1) is 0 Å². The standard InChI is InChI=1S/C64H67BN4O3/c1-60(2,3)40-17-21-50-54(31-40)71-56-27-39(28-57-59(56)65(50)51-22-18-41(61(4,5)6)32-55(51)72-57)38-16-23-52-49(26-38)48-20-19-46(35-53(48)69(52)58-33-42(24-25-66-58)62(7,8)9)70-47-30-43(63(10,11)12)29-45(34-47)68-37-44(36-67-68)64(13,14)15/h16-37H,1-15H3. The van der Waals surface area contributed by atoms with Crippen LogP contribution in [0.1, 0.15) is 132 Å². The second kappa shape index (κ2) is 16.2. The number of hydrogen-bond acceptors (Lipinski definition) is 5. The normalized spacial score (nSPS) is 13.7. The van der Waals surface area contributed by atoms with Gasteiger partial charge in [-0.25, -0.2) is 9.67 Å². The average molecular weight is 951 g/mol. The molecule has 72 heavy (non-hydrogen) atoms. The third kappa shape index (κ3) is 8.36. The molecule has 5 heterocycles. The molecule has 0 radical (unpaired) electrons. The summed E-state index contributed by atoms with van der Waals surface area (Å²) >= 11 is 0. The van der Waals surface area contributed by atoms with Crippen LogP contribution in [0.3, 0.4) is 0 Å². The van der Waals surface area contributed by atoms with Gasteiger partial charge >= 0.3 is 0 Å². The Labute approximate surface area is 426 Å². The molecule has 2 aliphatic rings. The zero-order valence-electron chi connectivity index (χ0n) is 44.8. The van der Waals surface area contributed by atoms with E-state index in [9.17, 15) is 0 Å². The molecule has 0 spiro atoms. The average Bonchev–Trinajstić information content (AvgIpc) is 3.94. The predicted molar refractivity (Wildman–Crippen MR) is 299 cm³/mol. The van der Waals surface area contributed by atoms with E-state index < -0.39 is 0 Å². The molecular weight excluding hydrogens is 884 g/mol. The van der Waals surface area contributed by atoms with Gasteiger partial charge in [0.2, 0.25) is 0 Å². The third-order valence-electron chi connectivity index (χ3n) is 14.8. The first kappa shape index (κ1) is 47.3. The van der Waals surface area contributed by atoms with Gasteiger partial charge in [0.15, 0.2) is 0 Å². The van der Waals surface area contributed by atoms with Gasteiger partial charge in [-0.3, -0.25) is 4.57 Å². The van der Waals surface area contributed by atoms with Crippen molar-refractivity contribution >= 4 is 44.9 Å². The summed E-state index contributed by atoms with van der Waals surface area (Å²) in [5, 5.41) is 7.00. The van der Waals surface area contributed by atoms with E-state index in [1.807, 2.05) is 17.1 Å². The molecule has 0 saturated heterocycles. The van der Waals surface area contributed by atoms with Crippen molar-refractivity contribution < 1.29 is 14.2 Å². The fourth-order valence-electron chi connectivity index (χ4n) is 10.3. The molecule has 0 fully saturated rings. The summed E-state index contributed by atoms with van der Waals surface area (Å²) in [5.41, 5.74) is 14.2. The third-order valence-corrected chi connectivity index (χ3v) is 14.8. The highest BCUT2D eigenvalue weighted by Gasteiger charge is 2.41. The van der Waals surface area contributed by atoms with Gasteiger partial charge in [0.05, 0.1) is 22.9 Å². The highest BCUT2D eigenvalue weighted by Crippen LogP contribution is 2.43. The van der Waals surface area contributed by atoms with Gasteiger partial charge in [-0.2, -0.15) is 5.10 Å². The van der Waals surface area contributed by atoms with Crippen molar-refractivity contribution in [3.05, 3.63) is 162 Å². The first-order valence-electron chi connectivity index (χ1n) is 25.5. The maximum atomic E-state index is 7.00. The van der Waals surface area contributed by atoms with Crippen LogP contribution in [0, 0.1) is 0 Å². The molecule has 6 aromatic carbocycles. The minimum atomic E-state index is -0.123. The minimum absolute atomic E-state index is 0.0224. The van der Waals surface area contributed by atoms with Crippen LogP contribution in [-0.4, -0.2) is 26.0 Å². The Morgan fingerprint density at radius 2 is 1.06 bits per heavy atom. The number of fused-ring (bicyclic) bond motifs is 7. The molecule has 0 unspecified atom stereocenters. The van der Waals surface area contributed by atoms with Crippen LogP contribution in [-0.2, 0) is 27.1 Å². The largest absolute Gasteiger partial charge is 0.458 e. The number of ether oxygens (including phenoxy) is 3. The topological polar surface area (TPSA) is 63.3 Å². The smallest absolute Gasteiger partial charge is 0.260 e. The fraction of sp³-hybridized carbons (Fsp3) is 0.312. The molecule has 364 valence electrons. The molecule has 0 saturated carbocycles. The van der Waals surface area contributed by atoms with E-state index in [1.54, 1.807) is 0 Å². The molecule has 0 aliphatic carbocycles. The molecule has 2 aliphatic heterocycles. The molecular formula is C64H67BN4O3. The van der Waals surface area contributed by atoms with E-state index in [1.165, 1.54) is 22.3 Å².